The van der Waals surface area contributed by atoms with Crippen molar-refractivity contribution in [3.8, 4) is 0 Å². The molecule has 0 saturated heterocycles. The van der Waals surface area contributed by atoms with Crippen molar-refractivity contribution in [3.63, 3.8) is 0 Å². The molecule has 0 saturated carbocycles. The van der Waals surface area contributed by atoms with Gasteiger partial charge in [-0.25, -0.2) is 9.38 Å². The van der Waals surface area contributed by atoms with Crippen LogP contribution in [0.4, 0.5) is 4.39 Å². The molecule has 1 aliphatic heterocycles. The van der Waals surface area contributed by atoms with Gasteiger partial charge in [0.05, 0.1) is 11.1 Å². The largest absolute Gasteiger partial charge is 0.370 e. The summed E-state index contributed by atoms with van der Waals surface area (Å²) in [6, 6.07) is 4.53. The van der Waals surface area contributed by atoms with Crippen LogP contribution in [-0.4, -0.2) is 23.4 Å². The maximum atomic E-state index is 13.6. The normalized spacial score (nSPS) is 17.6. The summed E-state index contributed by atoms with van der Waals surface area (Å²) < 4.78 is 13.6. The van der Waals surface area contributed by atoms with Crippen LogP contribution in [0.1, 0.15) is 33.7 Å². The Morgan fingerprint density at radius 2 is 2.11 bits per heavy atom. The lowest BCUT2D eigenvalue weighted by atomic mass is 10.1. The monoisotopic (exact) mass is 410 g/mol. The summed E-state index contributed by atoms with van der Waals surface area (Å²) in [5.74, 6) is -0.694. The number of nitrogens with zero attached hydrogens (tertiary/aromatic N) is 1. The van der Waals surface area contributed by atoms with E-state index in [9.17, 15) is 9.18 Å². The van der Waals surface area contributed by atoms with Crippen LogP contribution in [0.2, 0.25) is 5.02 Å². The third kappa shape index (κ3) is 4.41. The molecule has 0 fully saturated rings. The lowest BCUT2D eigenvalue weighted by molar-refractivity contribution is 0.0933. The number of amides is 1. The molecule has 7 N–H and O–H groups in total. The molecule has 1 aromatic carbocycles. The van der Waals surface area contributed by atoms with Gasteiger partial charge >= 0.3 is 0 Å². The van der Waals surface area contributed by atoms with Crippen molar-refractivity contribution < 1.29 is 9.18 Å². The van der Waals surface area contributed by atoms with Crippen LogP contribution in [0.25, 0.3) is 0 Å². The molecule has 0 aliphatic carbocycles. The molecule has 0 spiro atoms. The van der Waals surface area contributed by atoms with Crippen molar-refractivity contribution in [1.29, 1.82) is 0 Å². The first-order valence-corrected chi connectivity index (χ1v) is 8.73. The van der Waals surface area contributed by atoms with Gasteiger partial charge in [-0.05, 0) is 29.8 Å². The topological polar surface area (TPSA) is 121 Å². The molecule has 1 amide bonds. The van der Waals surface area contributed by atoms with Gasteiger partial charge in [-0.2, -0.15) is 0 Å². The summed E-state index contributed by atoms with van der Waals surface area (Å²) in [5, 5.41) is 6.12. The number of aromatic amines is 1. The highest BCUT2D eigenvalue weighted by Gasteiger charge is 2.22. The number of nitrogens with two attached hydrogens (primary N) is 2. The number of carbonyl (C=O) groups excluding carboxylic acids is 1. The number of benzene rings is 1. The molecule has 142 valence electrons. The van der Waals surface area contributed by atoms with E-state index in [4.69, 9.17) is 34.7 Å². The van der Waals surface area contributed by atoms with Crippen LogP contribution in [0, 0.1) is 5.82 Å². The van der Waals surface area contributed by atoms with Crippen molar-refractivity contribution in [1.82, 2.24) is 15.6 Å². The zero-order valence-corrected chi connectivity index (χ0v) is 15.5. The highest BCUT2D eigenvalue weighted by molar-refractivity contribution is 6.31. The van der Waals surface area contributed by atoms with Crippen LogP contribution in [0.3, 0.4) is 0 Å². The molecule has 0 bridgehead atoms. The molecular formula is C17H17Cl2FN6O. The van der Waals surface area contributed by atoms with E-state index >= 15 is 0 Å². The van der Waals surface area contributed by atoms with Gasteiger partial charge < -0.3 is 27.1 Å². The molecule has 2 heterocycles. The second kappa shape index (κ2) is 7.99. The van der Waals surface area contributed by atoms with Gasteiger partial charge in [-0.15, -0.1) is 0 Å². The molecule has 1 aliphatic rings. The van der Waals surface area contributed by atoms with E-state index in [1.54, 1.807) is 24.5 Å². The SMILES string of the molecule is NCC(NC(=O)c1cc(C2N=C(N)NC=C2Cl)c[nH]1)c1cc(F)cc(Cl)c1. The quantitative estimate of drug-likeness (QED) is 0.518. The maximum Gasteiger partial charge on any atom is 0.268 e. The van der Waals surface area contributed by atoms with E-state index in [-0.39, 0.29) is 23.2 Å². The van der Waals surface area contributed by atoms with Gasteiger partial charge in [0.15, 0.2) is 5.96 Å². The second-order valence-corrected chi connectivity index (χ2v) is 6.77. The summed E-state index contributed by atoms with van der Waals surface area (Å²) in [6.07, 6.45) is 3.16. The third-order valence-corrected chi connectivity index (χ3v) is 4.52. The zero-order chi connectivity index (χ0) is 19.6. The van der Waals surface area contributed by atoms with Crippen molar-refractivity contribution in [2.75, 3.05) is 6.54 Å². The molecule has 2 atom stereocenters. The van der Waals surface area contributed by atoms with Gasteiger partial charge in [-0.3, -0.25) is 4.79 Å². The van der Waals surface area contributed by atoms with Crippen molar-refractivity contribution in [2.45, 2.75) is 12.1 Å². The van der Waals surface area contributed by atoms with Crippen molar-refractivity contribution >= 4 is 35.1 Å². The van der Waals surface area contributed by atoms with Crippen molar-refractivity contribution in [3.05, 3.63) is 69.4 Å². The van der Waals surface area contributed by atoms with Crippen molar-refractivity contribution in [2.24, 2.45) is 16.5 Å². The fourth-order valence-electron chi connectivity index (χ4n) is 2.68. The highest BCUT2D eigenvalue weighted by atomic mass is 35.5. The molecule has 10 heteroatoms. The van der Waals surface area contributed by atoms with Gasteiger partial charge in [0.2, 0.25) is 0 Å². The first kappa shape index (κ1) is 19.2. The van der Waals surface area contributed by atoms with E-state index in [0.29, 0.717) is 16.2 Å². The Balaban J connectivity index is 1.77. The molecule has 2 unspecified atom stereocenters. The Morgan fingerprint density at radius 1 is 1.33 bits per heavy atom. The summed E-state index contributed by atoms with van der Waals surface area (Å²) >= 11 is 12.0. The number of hydrogen-bond acceptors (Lipinski definition) is 5. The van der Waals surface area contributed by atoms with E-state index in [1.165, 1.54) is 12.1 Å². The van der Waals surface area contributed by atoms with E-state index in [0.717, 1.165) is 0 Å². The van der Waals surface area contributed by atoms with Crippen LogP contribution in [0.5, 0.6) is 0 Å². The Labute approximate surface area is 164 Å². The number of H-pyrrole nitrogens is 1. The minimum absolute atomic E-state index is 0.0722. The molecule has 1 aromatic heterocycles. The smallest absolute Gasteiger partial charge is 0.268 e. The van der Waals surface area contributed by atoms with E-state index < -0.39 is 23.8 Å². The molecular weight excluding hydrogens is 394 g/mol. The Hall–Kier alpha value is -2.55. The van der Waals surface area contributed by atoms with Gasteiger partial charge in [-0.1, -0.05) is 23.2 Å². The van der Waals surface area contributed by atoms with Gasteiger partial charge in [0, 0.05) is 29.5 Å². The summed E-state index contributed by atoms with van der Waals surface area (Å²) in [6.45, 7) is 0.0722. The first-order chi connectivity index (χ1) is 12.9. The fraction of sp³-hybridized carbons (Fsp3) is 0.176. The van der Waals surface area contributed by atoms with E-state index in [2.05, 4.69) is 20.6 Å². The lowest BCUT2D eigenvalue weighted by Crippen LogP contribution is -2.33. The number of guanidine groups is 1. The second-order valence-electron chi connectivity index (χ2n) is 5.90. The molecule has 7 nitrogen and oxygen atoms in total. The number of carbonyl (C=O) groups is 1. The predicted octanol–water partition coefficient (Wildman–Crippen LogP) is 2.28. The minimum atomic E-state index is -0.603. The van der Waals surface area contributed by atoms with Crippen LogP contribution < -0.4 is 22.1 Å². The number of hydrogen-bond donors (Lipinski definition) is 5. The Bertz CT molecular complexity index is 906. The fourth-order valence-corrected chi connectivity index (χ4v) is 3.14. The summed E-state index contributed by atoms with van der Waals surface area (Å²) in [7, 11) is 0. The van der Waals surface area contributed by atoms with Crippen LogP contribution >= 0.6 is 23.2 Å². The number of halogens is 3. The average molecular weight is 411 g/mol. The zero-order valence-electron chi connectivity index (χ0n) is 14.0. The van der Waals surface area contributed by atoms with Crippen LogP contribution in [-0.2, 0) is 0 Å². The molecule has 3 rings (SSSR count). The third-order valence-electron chi connectivity index (χ3n) is 3.98. The lowest BCUT2D eigenvalue weighted by Gasteiger charge is -2.17. The number of rotatable bonds is 5. The summed E-state index contributed by atoms with van der Waals surface area (Å²) in [4.78, 5) is 19.6. The maximum absolute atomic E-state index is 13.6. The number of aromatic nitrogens is 1. The number of aliphatic imine (C=N–C) groups is 1. The Morgan fingerprint density at radius 3 is 2.81 bits per heavy atom. The summed E-state index contributed by atoms with van der Waals surface area (Å²) in [5.41, 5.74) is 12.8. The van der Waals surface area contributed by atoms with Gasteiger partial charge in [0.1, 0.15) is 17.6 Å². The molecule has 2 aromatic rings. The highest BCUT2D eigenvalue weighted by Crippen LogP contribution is 2.30. The standard InChI is InChI=1S/C17H17Cl2FN6O/c18-10-1-8(2-11(20)4-10)14(5-21)25-16(27)13-3-9(6-23-13)15-12(19)7-24-17(22)26-15/h1-4,6-7,14-15,23H,5,21H2,(H,25,27)(H3,22,24,26). The predicted molar refractivity (Wildman–Crippen MR) is 103 cm³/mol. The molecule has 0 radical (unpaired) electrons. The first-order valence-electron chi connectivity index (χ1n) is 7.98. The van der Waals surface area contributed by atoms with Crippen LogP contribution in [0.15, 0.2) is 46.7 Å². The van der Waals surface area contributed by atoms with E-state index in [1.807, 2.05) is 0 Å². The number of nitrogens with one attached hydrogen (secondary N) is 3. The molecule has 27 heavy (non-hydrogen) atoms. The van der Waals surface area contributed by atoms with Gasteiger partial charge in [0.25, 0.3) is 5.91 Å². The Kier molecular flexibility index (Phi) is 5.69. The average Bonchev–Trinajstić information content (AvgIpc) is 3.10. The minimum Gasteiger partial charge on any atom is -0.370 e.